The molecular formula is C20H33Cl2N3O. The lowest BCUT2D eigenvalue weighted by Gasteiger charge is -2.22. The summed E-state index contributed by atoms with van der Waals surface area (Å²) < 4.78 is 0. The Hall–Kier alpha value is -0.810. The first-order valence-electron chi connectivity index (χ1n) is 9.53. The van der Waals surface area contributed by atoms with Crippen molar-refractivity contribution in [2.75, 3.05) is 13.1 Å². The predicted molar refractivity (Wildman–Crippen MR) is 112 cm³/mol. The van der Waals surface area contributed by atoms with Crippen LogP contribution in [0.3, 0.4) is 0 Å². The minimum Gasteiger partial charge on any atom is -0.350 e. The van der Waals surface area contributed by atoms with Gasteiger partial charge in [-0.3, -0.25) is 9.69 Å². The molecule has 1 saturated carbocycles. The van der Waals surface area contributed by atoms with Gasteiger partial charge in [0.15, 0.2) is 0 Å². The molecular weight excluding hydrogens is 369 g/mol. The van der Waals surface area contributed by atoms with Gasteiger partial charge in [0.25, 0.3) is 0 Å². The van der Waals surface area contributed by atoms with Gasteiger partial charge < -0.3 is 11.1 Å². The monoisotopic (exact) mass is 401 g/mol. The van der Waals surface area contributed by atoms with Gasteiger partial charge in [0.1, 0.15) is 0 Å². The number of benzene rings is 1. The van der Waals surface area contributed by atoms with Crippen molar-refractivity contribution in [2.45, 2.75) is 70.0 Å². The Morgan fingerprint density at radius 2 is 1.62 bits per heavy atom. The third-order valence-corrected chi connectivity index (χ3v) is 5.50. The number of hydrogen-bond donors (Lipinski definition) is 2. The molecule has 0 radical (unpaired) electrons. The van der Waals surface area contributed by atoms with Crippen LogP contribution in [0, 0.1) is 0 Å². The van der Waals surface area contributed by atoms with Crippen LogP contribution in [0.15, 0.2) is 24.3 Å². The summed E-state index contributed by atoms with van der Waals surface area (Å²) in [5, 5.41) is 3.04. The Morgan fingerprint density at radius 3 is 2.27 bits per heavy atom. The topological polar surface area (TPSA) is 58.4 Å². The molecule has 3 rings (SSSR count). The van der Waals surface area contributed by atoms with Crippen LogP contribution in [0.4, 0.5) is 0 Å². The summed E-state index contributed by atoms with van der Waals surface area (Å²) in [5.41, 5.74) is 8.09. The summed E-state index contributed by atoms with van der Waals surface area (Å²) in [5.74, 6) is 0.0120. The van der Waals surface area contributed by atoms with Gasteiger partial charge in [0.05, 0.1) is 5.54 Å². The third-order valence-electron chi connectivity index (χ3n) is 5.50. The number of halogens is 2. The zero-order chi connectivity index (χ0) is 16.8. The molecule has 0 unspecified atom stereocenters. The Kier molecular flexibility index (Phi) is 9.94. The molecule has 0 aromatic heterocycles. The van der Waals surface area contributed by atoms with Gasteiger partial charge in [-0.05, 0) is 49.9 Å². The zero-order valence-corrected chi connectivity index (χ0v) is 17.2. The van der Waals surface area contributed by atoms with E-state index < -0.39 is 5.54 Å². The molecule has 0 atom stereocenters. The van der Waals surface area contributed by atoms with E-state index in [0.717, 1.165) is 37.8 Å². The summed E-state index contributed by atoms with van der Waals surface area (Å²) in [6, 6.07) is 8.60. The molecule has 0 bridgehead atoms. The second-order valence-corrected chi connectivity index (χ2v) is 7.56. The summed E-state index contributed by atoms with van der Waals surface area (Å²) in [4.78, 5) is 14.9. The highest BCUT2D eigenvalue weighted by Gasteiger charge is 2.36. The number of likely N-dealkylation sites (tertiary alicyclic amines) is 1. The number of nitrogens with one attached hydrogen (secondary N) is 1. The van der Waals surface area contributed by atoms with Gasteiger partial charge >= 0.3 is 0 Å². The summed E-state index contributed by atoms with van der Waals surface area (Å²) in [6.07, 6.45) is 9.11. The standard InChI is InChI=1S/C20H31N3O.2ClH/c21-20(10-3-4-11-20)19(24)22-15-17-8-7-9-18(14-17)16-23-12-5-1-2-6-13-23;;/h7-9,14H,1-6,10-13,15-16,21H2,(H,22,24);2*1H. The number of nitrogens with two attached hydrogens (primary N) is 1. The molecule has 2 aliphatic rings. The van der Waals surface area contributed by atoms with E-state index >= 15 is 0 Å². The molecule has 4 nitrogen and oxygen atoms in total. The van der Waals surface area contributed by atoms with Crippen molar-refractivity contribution in [3.63, 3.8) is 0 Å². The number of carbonyl (C=O) groups is 1. The number of rotatable bonds is 5. The highest BCUT2D eigenvalue weighted by molar-refractivity contribution is 5.86. The summed E-state index contributed by atoms with van der Waals surface area (Å²) >= 11 is 0. The molecule has 0 spiro atoms. The van der Waals surface area contributed by atoms with Crippen molar-refractivity contribution < 1.29 is 4.79 Å². The van der Waals surface area contributed by atoms with Crippen LogP contribution >= 0.6 is 24.8 Å². The first-order chi connectivity index (χ1) is 11.7. The maximum atomic E-state index is 12.3. The van der Waals surface area contributed by atoms with Crippen molar-refractivity contribution in [1.82, 2.24) is 10.2 Å². The van der Waals surface area contributed by atoms with E-state index in [1.165, 1.54) is 44.3 Å². The van der Waals surface area contributed by atoms with E-state index in [0.29, 0.717) is 6.54 Å². The second-order valence-electron chi connectivity index (χ2n) is 7.56. The van der Waals surface area contributed by atoms with Gasteiger partial charge in [0.2, 0.25) is 5.91 Å². The maximum absolute atomic E-state index is 12.3. The van der Waals surface area contributed by atoms with Gasteiger partial charge in [-0.2, -0.15) is 0 Å². The first kappa shape index (κ1) is 23.2. The van der Waals surface area contributed by atoms with Gasteiger partial charge in [-0.1, -0.05) is 49.9 Å². The van der Waals surface area contributed by atoms with Crippen LogP contribution in [0.2, 0.25) is 0 Å². The van der Waals surface area contributed by atoms with Crippen LogP contribution in [0.1, 0.15) is 62.5 Å². The van der Waals surface area contributed by atoms with E-state index in [1.54, 1.807) is 0 Å². The van der Waals surface area contributed by atoms with Crippen LogP contribution in [-0.4, -0.2) is 29.4 Å². The lowest BCUT2D eigenvalue weighted by Crippen LogP contribution is -2.51. The van der Waals surface area contributed by atoms with Crippen molar-refractivity contribution in [3.8, 4) is 0 Å². The fourth-order valence-electron chi connectivity index (χ4n) is 3.98. The molecule has 1 heterocycles. The van der Waals surface area contributed by atoms with Gasteiger partial charge in [0, 0.05) is 13.1 Å². The van der Waals surface area contributed by atoms with Crippen molar-refractivity contribution >= 4 is 30.7 Å². The zero-order valence-electron chi connectivity index (χ0n) is 15.5. The molecule has 6 heteroatoms. The molecule has 3 N–H and O–H groups in total. The van der Waals surface area contributed by atoms with E-state index in [1.807, 2.05) is 0 Å². The normalized spacial score (nSPS) is 19.7. The number of nitrogens with zero attached hydrogens (tertiary/aromatic N) is 1. The molecule has 26 heavy (non-hydrogen) atoms. The maximum Gasteiger partial charge on any atom is 0.240 e. The smallest absolute Gasteiger partial charge is 0.240 e. The molecule has 1 aromatic rings. The number of amides is 1. The molecule has 1 amide bonds. The van der Waals surface area contributed by atoms with Gasteiger partial charge in [-0.15, -0.1) is 24.8 Å². The molecule has 1 aliphatic heterocycles. The van der Waals surface area contributed by atoms with E-state index in [-0.39, 0.29) is 30.7 Å². The Balaban J connectivity index is 0.00000169. The Bertz CT molecular complexity index is 554. The molecule has 2 fully saturated rings. The van der Waals surface area contributed by atoms with Crippen LogP contribution in [-0.2, 0) is 17.9 Å². The van der Waals surface area contributed by atoms with Crippen LogP contribution in [0.25, 0.3) is 0 Å². The average molecular weight is 402 g/mol. The lowest BCUT2D eigenvalue weighted by atomic mass is 9.98. The highest BCUT2D eigenvalue weighted by Crippen LogP contribution is 2.27. The largest absolute Gasteiger partial charge is 0.350 e. The van der Waals surface area contributed by atoms with Gasteiger partial charge in [-0.25, -0.2) is 0 Å². The van der Waals surface area contributed by atoms with Crippen molar-refractivity contribution in [1.29, 1.82) is 0 Å². The van der Waals surface area contributed by atoms with Crippen LogP contribution in [0.5, 0.6) is 0 Å². The highest BCUT2D eigenvalue weighted by atomic mass is 35.5. The summed E-state index contributed by atoms with van der Waals surface area (Å²) in [7, 11) is 0. The molecule has 1 aliphatic carbocycles. The van der Waals surface area contributed by atoms with Crippen molar-refractivity contribution in [2.24, 2.45) is 5.73 Å². The lowest BCUT2D eigenvalue weighted by molar-refractivity contribution is -0.126. The minimum atomic E-state index is -0.635. The molecule has 148 valence electrons. The minimum absolute atomic E-state index is 0. The van der Waals surface area contributed by atoms with Crippen molar-refractivity contribution in [3.05, 3.63) is 35.4 Å². The fraction of sp³-hybridized carbons (Fsp3) is 0.650. The second kappa shape index (κ2) is 11.1. The predicted octanol–water partition coefficient (Wildman–Crippen LogP) is 3.79. The SMILES string of the molecule is Cl.Cl.NC1(C(=O)NCc2cccc(CN3CCCCCC3)c2)CCCC1. The molecule has 1 saturated heterocycles. The number of carbonyl (C=O) groups excluding carboxylic acids is 1. The fourth-order valence-corrected chi connectivity index (χ4v) is 3.98. The summed E-state index contributed by atoms with van der Waals surface area (Å²) in [6.45, 7) is 4.00. The molecule has 1 aromatic carbocycles. The number of hydrogen-bond acceptors (Lipinski definition) is 3. The quantitative estimate of drug-likeness (QED) is 0.788. The first-order valence-corrected chi connectivity index (χ1v) is 9.53. The van der Waals surface area contributed by atoms with Crippen LogP contribution < -0.4 is 11.1 Å². The Morgan fingerprint density at radius 1 is 1.00 bits per heavy atom. The van der Waals surface area contributed by atoms with E-state index in [4.69, 9.17) is 5.73 Å². The Labute approximate surface area is 170 Å². The third kappa shape index (κ3) is 6.41. The van der Waals surface area contributed by atoms with E-state index in [9.17, 15) is 4.79 Å². The average Bonchev–Trinajstić information content (AvgIpc) is 2.88. The van der Waals surface area contributed by atoms with E-state index in [2.05, 4.69) is 34.5 Å².